The van der Waals surface area contributed by atoms with Gasteiger partial charge >= 0.3 is 0 Å². The van der Waals surface area contributed by atoms with Crippen LogP contribution in [-0.2, 0) is 6.42 Å². The maximum atomic E-state index is 10.7. The van der Waals surface area contributed by atoms with E-state index in [0.717, 1.165) is 59.6 Å². The molecular formula is C34H53N5O2. The van der Waals surface area contributed by atoms with Gasteiger partial charge in [-0.2, -0.15) is 0 Å². The summed E-state index contributed by atoms with van der Waals surface area (Å²) in [5.41, 5.74) is 5.40. The first kappa shape index (κ1) is 35.9. The van der Waals surface area contributed by atoms with E-state index in [1.807, 2.05) is 46.0 Å². The van der Waals surface area contributed by atoms with Crippen molar-refractivity contribution in [2.24, 2.45) is 5.41 Å². The molecule has 4 heterocycles. The number of aryl methyl sites for hydroxylation is 1. The number of aromatic nitrogens is 4. The minimum absolute atomic E-state index is 0.416. The van der Waals surface area contributed by atoms with Gasteiger partial charge in [0.25, 0.3) is 0 Å². The van der Waals surface area contributed by atoms with Crippen LogP contribution in [0.1, 0.15) is 103 Å². The lowest BCUT2D eigenvalue weighted by atomic mass is 9.82. The lowest BCUT2D eigenvalue weighted by Crippen LogP contribution is -2.39. The van der Waals surface area contributed by atoms with Gasteiger partial charge in [-0.05, 0) is 68.5 Å². The molecule has 1 aliphatic heterocycles. The summed E-state index contributed by atoms with van der Waals surface area (Å²) in [6.07, 6.45) is 12.1. The molecule has 0 spiro atoms. The molecule has 0 radical (unpaired) electrons. The number of aliphatic hydroxyl groups excluding tert-OH is 1. The molecule has 1 N–H and O–H groups in total. The molecule has 1 fully saturated rings. The summed E-state index contributed by atoms with van der Waals surface area (Å²) in [5, 5.41) is 10.7. The maximum absolute atomic E-state index is 10.7. The Balaban J connectivity index is 0.000000402. The van der Waals surface area contributed by atoms with Crippen molar-refractivity contribution in [1.29, 1.82) is 0 Å². The SMILES string of the molecule is C=Cc1ncc(CCCC)nc1C=C.CC.CC.COc1ccc2nccc(C(O)CN3CCC(C)(C)CC3)c2n1. The summed E-state index contributed by atoms with van der Waals surface area (Å²) < 4.78 is 5.20. The van der Waals surface area contributed by atoms with Crippen molar-refractivity contribution in [2.75, 3.05) is 26.7 Å². The monoisotopic (exact) mass is 563 g/mol. The van der Waals surface area contributed by atoms with E-state index in [1.54, 1.807) is 31.5 Å². The zero-order valence-electron chi connectivity index (χ0n) is 26.8. The van der Waals surface area contributed by atoms with Gasteiger partial charge in [0.15, 0.2) is 0 Å². The first-order valence-electron chi connectivity index (χ1n) is 15.1. The molecule has 0 aliphatic carbocycles. The summed E-state index contributed by atoms with van der Waals surface area (Å²) in [5.74, 6) is 0.540. The van der Waals surface area contributed by atoms with E-state index >= 15 is 0 Å². The molecule has 41 heavy (non-hydrogen) atoms. The Morgan fingerprint density at radius 1 is 1.00 bits per heavy atom. The molecule has 7 heteroatoms. The number of piperidine rings is 1. The Morgan fingerprint density at radius 2 is 1.66 bits per heavy atom. The summed E-state index contributed by atoms with van der Waals surface area (Å²) in [6.45, 7) is 24.9. The van der Waals surface area contributed by atoms with Gasteiger partial charge in [-0.1, -0.05) is 68.0 Å². The van der Waals surface area contributed by atoms with Crippen molar-refractivity contribution in [3.63, 3.8) is 0 Å². The van der Waals surface area contributed by atoms with E-state index in [2.05, 4.69) is 58.8 Å². The number of pyridine rings is 2. The van der Waals surface area contributed by atoms with Crippen molar-refractivity contribution in [1.82, 2.24) is 24.8 Å². The molecule has 226 valence electrons. The van der Waals surface area contributed by atoms with Gasteiger partial charge in [0.2, 0.25) is 5.88 Å². The molecule has 0 aromatic carbocycles. The molecule has 0 amide bonds. The standard InChI is InChI=1S/C18H25N3O2.C12H16N2.2C2H6/c1-18(2)7-10-21(11-8-18)12-15(22)13-6-9-19-14-4-5-16(23-3)20-17(13)14;1-4-7-8-10-9-13-11(5-2)12(6-3)14-10;2*1-2/h4-6,9,15,22H,7-8,10-12H2,1-3H3;5-6,9H,2-4,7-8H2,1H3;2*1-2H3. The molecule has 0 saturated carbocycles. The number of fused-ring (bicyclic) bond motifs is 1. The predicted molar refractivity (Wildman–Crippen MR) is 174 cm³/mol. The van der Waals surface area contributed by atoms with Crippen LogP contribution in [0.2, 0.25) is 0 Å². The quantitative estimate of drug-likeness (QED) is 0.283. The van der Waals surface area contributed by atoms with Crippen molar-refractivity contribution >= 4 is 23.2 Å². The highest BCUT2D eigenvalue weighted by Crippen LogP contribution is 2.31. The van der Waals surface area contributed by atoms with Gasteiger partial charge < -0.3 is 14.7 Å². The van der Waals surface area contributed by atoms with Crippen LogP contribution in [0.4, 0.5) is 0 Å². The number of unbranched alkanes of at least 4 members (excludes halogenated alkanes) is 1. The first-order chi connectivity index (χ1) is 19.8. The van der Waals surface area contributed by atoms with Gasteiger partial charge in [0, 0.05) is 30.6 Å². The Bertz CT molecular complexity index is 1180. The largest absolute Gasteiger partial charge is 0.481 e. The van der Waals surface area contributed by atoms with Crippen LogP contribution in [0.5, 0.6) is 5.88 Å². The van der Waals surface area contributed by atoms with Gasteiger partial charge in [-0.25, -0.2) is 9.97 Å². The van der Waals surface area contributed by atoms with E-state index in [1.165, 1.54) is 19.3 Å². The summed E-state index contributed by atoms with van der Waals surface area (Å²) in [4.78, 5) is 19.8. The van der Waals surface area contributed by atoms with Crippen molar-refractivity contribution in [3.05, 3.63) is 66.4 Å². The third kappa shape index (κ3) is 11.3. The van der Waals surface area contributed by atoms with Crippen LogP contribution < -0.4 is 4.74 Å². The van der Waals surface area contributed by atoms with Gasteiger partial charge in [-0.3, -0.25) is 9.97 Å². The van der Waals surface area contributed by atoms with E-state index in [-0.39, 0.29) is 0 Å². The third-order valence-corrected chi connectivity index (χ3v) is 6.85. The molecule has 7 nitrogen and oxygen atoms in total. The second-order valence-corrected chi connectivity index (χ2v) is 10.2. The fraction of sp³-hybridized carbons (Fsp3) is 0.529. The average Bonchev–Trinajstić information content (AvgIpc) is 3.02. The fourth-order valence-corrected chi connectivity index (χ4v) is 4.33. The van der Waals surface area contributed by atoms with E-state index in [9.17, 15) is 5.11 Å². The predicted octanol–water partition coefficient (Wildman–Crippen LogP) is 7.95. The number of methoxy groups -OCH3 is 1. The summed E-state index contributed by atoms with van der Waals surface area (Å²) in [6, 6.07) is 5.52. The lowest BCUT2D eigenvalue weighted by molar-refractivity contribution is 0.0709. The molecule has 0 bridgehead atoms. The van der Waals surface area contributed by atoms with Crippen LogP contribution in [0.3, 0.4) is 0 Å². The number of rotatable bonds is 9. The van der Waals surface area contributed by atoms with Crippen molar-refractivity contribution in [2.45, 2.75) is 86.7 Å². The normalized spacial score (nSPS) is 14.7. The number of likely N-dealkylation sites (tertiary alicyclic amines) is 1. The average molecular weight is 564 g/mol. The van der Waals surface area contributed by atoms with E-state index < -0.39 is 6.10 Å². The van der Waals surface area contributed by atoms with E-state index in [0.29, 0.717) is 17.8 Å². The highest BCUT2D eigenvalue weighted by Gasteiger charge is 2.27. The molecule has 1 atom stereocenters. The Morgan fingerprint density at radius 3 is 2.24 bits per heavy atom. The highest BCUT2D eigenvalue weighted by atomic mass is 16.5. The van der Waals surface area contributed by atoms with Crippen LogP contribution in [-0.4, -0.2) is 56.7 Å². The zero-order valence-corrected chi connectivity index (χ0v) is 26.8. The van der Waals surface area contributed by atoms with Crippen LogP contribution >= 0.6 is 0 Å². The summed E-state index contributed by atoms with van der Waals surface area (Å²) in [7, 11) is 1.59. The van der Waals surface area contributed by atoms with Crippen LogP contribution in [0.15, 0.2) is 43.8 Å². The van der Waals surface area contributed by atoms with Crippen molar-refractivity contribution in [3.8, 4) is 5.88 Å². The maximum Gasteiger partial charge on any atom is 0.213 e. The Kier molecular flexibility index (Phi) is 16.7. The number of hydrogen-bond donors (Lipinski definition) is 1. The Labute approximate surface area is 248 Å². The molecule has 1 aliphatic rings. The number of ether oxygens (including phenoxy) is 1. The highest BCUT2D eigenvalue weighted by molar-refractivity contribution is 5.78. The summed E-state index contributed by atoms with van der Waals surface area (Å²) >= 11 is 0. The lowest BCUT2D eigenvalue weighted by Gasteiger charge is -2.37. The number of aliphatic hydroxyl groups is 1. The number of β-amino-alcohol motifs (C(OH)–C–C–N with tert-alkyl or cyclic N) is 1. The van der Waals surface area contributed by atoms with E-state index in [4.69, 9.17) is 4.74 Å². The van der Waals surface area contributed by atoms with Gasteiger partial charge in [0.1, 0.15) is 0 Å². The molecule has 4 rings (SSSR count). The number of nitrogens with zero attached hydrogens (tertiary/aromatic N) is 5. The van der Waals surface area contributed by atoms with Gasteiger partial charge in [-0.15, -0.1) is 0 Å². The minimum Gasteiger partial charge on any atom is -0.481 e. The fourth-order valence-electron chi connectivity index (χ4n) is 4.33. The van der Waals surface area contributed by atoms with Crippen LogP contribution in [0, 0.1) is 5.41 Å². The van der Waals surface area contributed by atoms with Crippen LogP contribution in [0.25, 0.3) is 23.2 Å². The molecular weight excluding hydrogens is 510 g/mol. The number of hydrogen-bond acceptors (Lipinski definition) is 7. The molecule has 3 aromatic heterocycles. The Hall–Kier alpha value is -3.16. The first-order valence-corrected chi connectivity index (χ1v) is 15.1. The second kappa shape index (κ2) is 19.1. The zero-order chi connectivity index (χ0) is 30.8. The minimum atomic E-state index is -0.568. The molecule has 1 unspecified atom stereocenters. The van der Waals surface area contributed by atoms with Gasteiger partial charge in [0.05, 0.1) is 41.3 Å². The smallest absolute Gasteiger partial charge is 0.213 e. The molecule has 1 saturated heterocycles. The van der Waals surface area contributed by atoms with Crippen molar-refractivity contribution < 1.29 is 9.84 Å². The third-order valence-electron chi connectivity index (χ3n) is 6.85. The topological polar surface area (TPSA) is 84.3 Å². The molecule has 3 aromatic rings. The second-order valence-electron chi connectivity index (χ2n) is 10.2.